The third-order valence-corrected chi connectivity index (χ3v) is 16.5. The van der Waals surface area contributed by atoms with Gasteiger partial charge in [0, 0.05) is 12.8 Å². The lowest BCUT2D eigenvalue weighted by molar-refractivity contribution is -0.143. The van der Waals surface area contributed by atoms with Crippen LogP contribution in [0.15, 0.2) is 24.3 Å². The number of amides is 1. The minimum atomic E-state index is -0.660. The second-order valence-corrected chi connectivity index (χ2v) is 24.2. The molecule has 6 heteroatoms. The molecule has 0 heterocycles. The number of hydrogen-bond donors (Lipinski definition) is 3. The fourth-order valence-corrected chi connectivity index (χ4v) is 11.1. The van der Waals surface area contributed by atoms with E-state index in [1.807, 2.05) is 0 Å². The van der Waals surface area contributed by atoms with Crippen molar-refractivity contribution < 1.29 is 24.5 Å². The number of ether oxygens (including phenoxy) is 1. The molecule has 0 aliphatic heterocycles. The highest BCUT2D eigenvalue weighted by Gasteiger charge is 2.20. The first-order valence-electron chi connectivity index (χ1n) is 35.1. The van der Waals surface area contributed by atoms with Gasteiger partial charge in [-0.15, -0.1) is 0 Å². The number of hydrogen-bond acceptors (Lipinski definition) is 5. The van der Waals surface area contributed by atoms with Gasteiger partial charge in [-0.05, 0) is 57.8 Å². The van der Waals surface area contributed by atoms with Gasteiger partial charge in [0.15, 0.2) is 0 Å². The fraction of sp³-hybridized carbons (Fsp3) is 0.915. The molecule has 0 aromatic rings. The molecule has 456 valence electrons. The maximum atomic E-state index is 12.4. The summed E-state index contributed by atoms with van der Waals surface area (Å²) in [6.45, 7) is 4.96. The number of aliphatic hydroxyl groups is 2. The van der Waals surface area contributed by atoms with E-state index in [9.17, 15) is 19.8 Å². The summed E-state index contributed by atoms with van der Waals surface area (Å²) < 4.78 is 5.50. The SMILES string of the molecule is CCCCCCCCCCCCCCCCCCC(=O)OCCCCCCCCCCCCC/C=C\C/C=C\CCCCCCCCCCCCCCCCCCCC(=O)NC(CO)C(O)CCCCCCCCCCC. The quantitative estimate of drug-likeness (QED) is 0.0320. The maximum absolute atomic E-state index is 12.4. The minimum absolute atomic E-state index is 0.0208. The lowest BCUT2D eigenvalue weighted by Crippen LogP contribution is -2.45. The molecule has 0 aromatic carbocycles. The maximum Gasteiger partial charge on any atom is 0.305 e. The lowest BCUT2D eigenvalue weighted by atomic mass is 10.0. The van der Waals surface area contributed by atoms with Gasteiger partial charge in [0.05, 0.1) is 25.4 Å². The van der Waals surface area contributed by atoms with E-state index < -0.39 is 12.1 Å². The van der Waals surface area contributed by atoms with Crippen LogP contribution in [0.2, 0.25) is 0 Å². The first kappa shape index (κ1) is 75.3. The van der Waals surface area contributed by atoms with Crippen LogP contribution in [0.1, 0.15) is 393 Å². The molecule has 0 aromatic heterocycles. The van der Waals surface area contributed by atoms with Crippen LogP contribution in [0, 0.1) is 0 Å². The van der Waals surface area contributed by atoms with E-state index in [4.69, 9.17) is 4.74 Å². The van der Waals surface area contributed by atoms with Crippen LogP contribution in [0.3, 0.4) is 0 Å². The van der Waals surface area contributed by atoms with Crippen LogP contribution >= 0.6 is 0 Å². The Morgan fingerprint density at radius 3 is 0.987 bits per heavy atom. The van der Waals surface area contributed by atoms with Crippen molar-refractivity contribution in [3.63, 3.8) is 0 Å². The Hall–Kier alpha value is -1.66. The largest absolute Gasteiger partial charge is 0.466 e. The normalized spacial score (nSPS) is 12.6. The van der Waals surface area contributed by atoms with Gasteiger partial charge in [0.2, 0.25) is 5.91 Å². The third-order valence-electron chi connectivity index (χ3n) is 16.5. The second kappa shape index (κ2) is 66.8. The van der Waals surface area contributed by atoms with Gasteiger partial charge in [-0.2, -0.15) is 0 Å². The molecule has 0 spiro atoms. The summed E-state index contributed by atoms with van der Waals surface area (Å²) in [6, 6.07) is -0.537. The number of allylic oxidation sites excluding steroid dienone is 4. The molecule has 0 bridgehead atoms. The van der Waals surface area contributed by atoms with Crippen molar-refractivity contribution in [1.29, 1.82) is 0 Å². The van der Waals surface area contributed by atoms with Gasteiger partial charge in [0.1, 0.15) is 0 Å². The van der Waals surface area contributed by atoms with Crippen molar-refractivity contribution in [1.82, 2.24) is 5.32 Å². The predicted octanol–water partition coefficient (Wildman–Crippen LogP) is 22.5. The van der Waals surface area contributed by atoms with Crippen molar-refractivity contribution in [3.8, 4) is 0 Å². The van der Waals surface area contributed by atoms with Gasteiger partial charge in [-0.25, -0.2) is 0 Å². The molecule has 0 fully saturated rings. The molecule has 3 N–H and O–H groups in total. The number of aliphatic hydroxyl groups excluding tert-OH is 2. The van der Waals surface area contributed by atoms with E-state index in [-0.39, 0.29) is 18.5 Å². The van der Waals surface area contributed by atoms with Crippen molar-refractivity contribution in [3.05, 3.63) is 24.3 Å². The second-order valence-electron chi connectivity index (χ2n) is 24.2. The topological polar surface area (TPSA) is 95.9 Å². The molecule has 77 heavy (non-hydrogen) atoms. The Morgan fingerprint density at radius 2 is 0.649 bits per heavy atom. The molecular weight excluding hydrogens is 947 g/mol. The van der Waals surface area contributed by atoms with E-state index >= 15 is 0 Å². The van der Waals surface area contributed by atoms with Crippen molar-refractivity contribution in [2.45, 2.75) is 405 Å². The van der Waals surface area contributed by atoms with Crippen LogP contribution in [0.4, 0.5) is 0 Å². The van der Waals surface area contributed by atoms with Crippen LogP contribution in [0.25, 0.3) is 0 Å². The molecule has 0 saturated heterocycles. The average molecular weight is 1080 g/mol. The molecular formula is C71H137NO5. The number of rotatable bonds is 66. The molecule has 2 unspecified atom stereocenters. The molecule has 0 aliphatic rings. The number of unbranched alkanes of at least 4 members (excludes halogenated alkanes) is 51. The zero-order valence-corrected chi connectivity index (χ0v) is 52.2. The third kappa shape index (κ3) is 63.4. The first-order chi connectivity index (χ1) is 38.0. The van der Waals surface area contributed by atoms with E-state index in [2.05, 4.69) is 43.5 Å². The van der Waals surface area contributed by atoms with Crippen molar-refractivity contribution in [2.24, 2.45) is 0 Å². The van der Waals surface area contributed by atoms with Crippen LogP contribution in [-0.2, 0) is 14.3 Å². The highest BCUT2D eigenvalue weighted by Crippen LogP contribution is 2.19. The van der Waals surface area contributed by atoms with Crippen molar-refractivity contribution in [2.75, 3.05) is 13.2 Å². The van der Waals surface area contributed by atoms with Gasteiger partial charge >= 0.3 is 5.97 Å². The molecule has 0 rings (SSSR count). The van der Waals surface area contributed by atoms with Crippen LogP contribution in [-0.4, -0.2) is 47.4 Å². The monoisotopic (exact) mass is 1080 g/mol. The van der Waals surface area contributed by atoms with Crippen LogP contribution in [0.5, 0.6) is 0 Å². The average Bonchev–Trinajstić information content (AvgIpc) is 3.43. The van der Waals surface area contributed by atoms with Crippen molar-refractivity contribution >= 4 is 11.9 Å². The first-order valence-corrected chi connectivity index (χ1v) is 35.1. The molecule has 2 atom stereocenters. The van der Waals surface area contributed by atoms with E-state index in [1.165, 1.54) is 315 Å². The Morgan fingerprint density at radius 1 is 0.364 bits per heavy atom. The summed E-state index contributed by atoms with van der Waals surface area (Å²) in [5.41, 5.74) is 0. The number of nitrogens with one attached hydrogen (secondary N) is 1. The standard InChI is InChI=1S/C71H137NO5/c1-3-5-7-9-11-13-14-15-16-39-42-45-49-53-57-61-65-71(76)77-66-62-58-54-50-46-43-40-37-35-33-31-29-27-25-23-21-19-17-18-20-22-24-26-28-30-32-34-36-38-41-44-48-52-56-60-64-70(75)72-68(67-73)69(74)63-59-55-51-47-12-10-8-6-4-2/h19,21,25,27,68-69,73-74H,3-18,20,22-24,26,28-67H2,1-2H3,(H,72,75)/b21-19-,27-25-. The molecule has 6 nitrogen and oxygen atoms in total. The molecule has 0 radical (unpaired) electrons. The lowest BCUT2D eigenvalue weighted by Gasteiger charge is -2.22. The zero-order valence-electron chi connectivity index (χ0n) is 52.2. The zero-order chi connectivity index (χ0) is 55.7. The van der Waals surface area contributed by atoms with E-state index in [1.54, 1.807) is 0 Å². The summed E-state index contributed by atoms with van der Waals surface area (Å²) in [5, 5.41) is 23.1. The molecule has 0 aliphatic carbocycles. The fourth-order valence-electron chi connectivity index (χ4n) is 11.1. The minimum Gasteiger partial charge on any atom is -0.466 e. The van der Waals surface area contributed by atoms with Gasteiger partial charge in [0.25, 0.3) is 0 Å². The summed E-state index contributed by atoms with van der Waals surface area (Å²) in [5.74, 6) is -0.0126. The highest BCUT2D eigenvalue weighted by atomic mass is 16.5. The van der Waals surface area contributed by atoms with E-state index in [0.29, 0.717) is 25.9 Å². The Kier molecular flexibility index (Phi) is 65.4. The van der Waals surface area contributed by atoms with Gasteiger partial charge in [-0.3, -0.25) is 9.59 Å². The Balaban J connectivity index is 3.33. The highest BCUT2D eigenvalue weighted by molar-refractivity contribution is 5.76. The van der Waals surface area contributed by atoms with Gasteiger partial charge < -0.3 is 20.3 Å². The Labute approximate surface area is 481 Å². The Bertz CT molecular complexity index is 1200. The summed E-state index contributed by atoms with van der Waals surface area (Å²) in [7, 11) is 0. The predicted molar refractivity (Wildman–Crippen MR) is 338 cm³/mol. The number of carbonyl (C=O) groups excluding carboxylic acids is 2. The smallest absolute Gasteiger partial charge is 0.305 e. The molecule has 0 saturated carbocycles. The van der Waals surface area contributed by atoms with Gasteiger partial charge in [-0.1, -0.05) is 346 Å². The van der Waals surface area contributed by atoms with Crippen LogP contribution < -0.4 is 5.32 Å². The number of carbonyl (C=O) groups is 2. The summed E-state index contributed by atoms with van der Waals surface area (Å²) >= 11 is 0. The number of esters is 1. The molecule has 1 amide bonds. The summed E-state index contributed by atoms with van der Waals surface area (Å²) in [6.07, 6.45) is 83.9. The van der Waals surface area contributed by atoms with E-state index in [0.717, 1.165) is 44.9 Å². The summed E-state index contributed by atoms with van der Waals surface area (Å²) in [4.78, 5) is 24.5.